The lowest BCUT2D eigenvalue weighted by molar-refractivity contribution is -0.155. The second-order valence-electron chi connectivity index (χ2n) is 6.49. The van der Waals surface area contributed by atoms with Gasteiger partial charge in [-0.25, -0.2) is 4.79 Å². The predicted octanol–water partition coefficient (Wildman–Crippen LogP) is 3.58. The van der Waals surface area contributed by atoms with Crippen molar-refractivity contribution >= 4 is 23.5 Å². The topological polar surface area (TPSA) is 64.6 Å². The lowest BCUT2D eigenvalue weighted by Gasteiger charge is -2.35. The van der Waals surface area contributed by atoms with Crippen molar-refractivity contribution in [1.82, 2.24) is 5.32 Å². The summed E-state index contributed by atoms with van der Waals surface area (Å²) in [5.41, 5.74) is 0.756. The van der Waals surface area contributed by atoms with Crippen molar-refractivity contribution in [3.8, 4) is 5.75 Å². The van der Waals surface area contributed by atoms with Gasteiger partial charge < -0.3 is 14.8 Å². The van der Waals surface area contributed by atoms with Crippen LogP contribution in [-0.4, -0.2) is 31.1 Å². The smallest absolute Gasteiger partial charge is 0.331 e. The number of amides is 1. The average molecular weight is 368 g/mol. The molecule has 0 heterocycles. The van der Waals surface area contributed by atoms with E-state index in [0.717, 1.165) is 30.4 Å². The normalized spacial score (nSPS) is 16.2. The number of methoxy groups -OCH3 is 1. The second-order valence-corrected chi connectivity index (χ2v) is 6.93. The molecule has 0 bridgehead atoms. The van der Waals surface area contributed by atoms with E-state index in [9.17, 15) is 9.59 Å². The molecular weight excluding hydrogens is 342 g/mol. The molecule has 1 aliphatic rings. The SMILES string of the molecule is CCOC(=O)C1(NC(=O)Cc2c(C)cc(Cl)cc2OC)CCCCC1. The Morgan fingerprint density at radius 1 is 1.24 bits per heavy atom. The van der Waals surface area contributed by atoms with E-state index in [1.165, 1.54) is 0 Å². The Hall–Kier alpha value is -1.75. The molecule has 0 spiro atoms. The van der Waals surface area contributed by atoms with Crippen LogP contribution in [0.25, 0.3) is 0 Å². The molecule has 1 aromatic rings. The summed E-state index contributed by atoms with van der Waals surface area (Å²) in [5, 5.41) is 3.52. The van der Waals surface area contributed by atoms with Crippen LogP contribution in [0.4, 0.5) is 0 Å². The number of carbonyl (C=O) groups excluding carboxylic acids is 2. The molecule has 138 valence electrons. The minimum Gasteiger partial charge on any atom is -0.496 e. The number of hydrogen-bond acceptors (Lipinski definition) is 4. The van der Waals surface area contributed by atoms with Gasteiger partial charge in [-0.15, -0.1) is 0 Å². The molecule has 1 aliphatic carbocycles. The number of rotatable bonds is 6. The second kappa shape index (κ2) is 8.56. The maximum atomic E-state index is 12.7. The van der Waals surface area contributed by atoms with Crippen LogP contribution in [0.15, 0.2) is 12.1 Å². The van der Waals surface area contributed by atoms with Crippen molar-refractivity contribution in [2.45, 2.75) is 57.9 Å². The maximum Gasteiger partial charge on any atom is 0.331 e. The molecule has 0 unspecified atom stereocenters. The van der Waals surface area contributed by atoms with Gasteiger partial charge in [-0.05, 0) is 44.4 Å². The van der Waals surface area contributed by atoms with Crippen LogP contribution < -0.4 is 10.1 Å². The van der Waals surface area contributed by atoms with E-state index in [-0.39, 0.29) is 18.3 Å². The Bertz CT molecular complexity index is 639. The van der Waals surface area contributed by atoms with Gasteiger partial charge in [0, 0.05) is 10.6 Å². The number of benzene rings is 1. The van der Waals surface area contributed by atoms with Crippen molar-refractivity contribution in [1.29, 1.82) is 0 Å². The van der Waals surface area contributed by atoms with Gasteiger partial charge in [0.15, 0.2) is 0 Å². The van der Waals surface area contributed by atoms with Gasteiger partial charge in [-0.1, -0.05) is 30.9 Å². The van der Waals surface area contributed by atoms with Gasteiger partial charge in [-0.3, -0.25) is 4.79 Å². The van der Waals surface area contributed by atoms with Gasteiger partial charge in [0.25, 0.3) is 0 Å². The van der Waals surface area contributed by atoms with Crippen LogP contribution in [0.5, 0.6) is 5.75 Å². The number of carbonyl (C=O) groups is 2. The Labute approximate surface area is 154 Å². The standard InChI is InChI=1S/C19H26ClNO4/c1-4-25-18(23)19(8-6-5-7-9-19)21-17(22)12-15-13(2)10-14(20)11-16(15)24-3/h10-11H,4-9,12H2,1-3H3,(H,21,22). The quantitative estimate of drug-likeness (QED) is 0.780. The number of aryl methyl sites for hydroxylation is 1. The largest absolute Gasteiger partial charge is 0.496 e. The molecule has 0 saturated heterocycles. The van der Waals surface area contributed by atoms with Crippen molar-refractivity contribution in [3.63, 3.8) is 0 Å². The van der Waals surface area contributed by atoms with E-state index in [4.69, 9.17) is 21.1 Å². The summed E-state index contributed by atoms with van der Waals surface area (Å²) in [6.45, 7) is 3.97. The maximum absolute atomic E-state index is 12.7. The summed E-state index contributed by atoms with van der Waals surface area (Å²) < 4.78 is 10.6. The summed E-state index contributed by atoms with van der Waals surface area (Å²) in [6, 6.07) is 3.49. The summed E-state index contributed by atoms with van der Waals surface area (Å²) >= 11 is 6.05. The van der Waals surface area contributed by atoms with Crippen LogP contribution >= 0.6 is 11.6 Å². The van der Waals surface area contributed by atoms with Crippen LogP contribution in [0.3, 0.4) is 0 Å². The van der Waals surface area contributed by atoms with E-state index in [1.807, 2.05) is 6.92 Å². The molecule has 1 amide bonds. The van der Waals surface area contributed by atoms with Gasteiger partial charge in [0.1, 0.15) is 11.3 Å². The van der Waals surface area contributed by atoms with Crippen LogP contribution in [-0.2, 0) is 20.7 Å². The van der Waals surface area contributed by atoms with Crippen LogP contribution in [0.2, 0.25) is 5.02 Å². The van der Waals surface area contributed by atoms with E-state index in [2.05, 4.69) is 5.32 Å². The zero-order chi connectivity index (χ0) is 18.4. The fraction of sp³-hybridized carbons (Fsp3) is 0.579. The molecule has 0 aromatic heterocycles. The highest BCUT2D eigenvalue weighted by Crippen LogP contribution is 2.31. The molecule has 6 heteroatoms. The molecule has 1 N–H and O–H groups in total. The zero-order valence-electron chi connectivity index (χ0n) is 15.1. The first-order valence-corrected chi connectivity index (χ1v) is 9.11. The lowest BCUT2D eigenvalue weighted by Crippen LogP contribution is -2.56. The van der Waals surface area contributed by atoms with Crippen molar-refractivity contribution in [3.05, 3.63) is 28.3 Å². The molecule has 2 rings (SSSR count). The first-order chi connectivity index (χ1) is 11.9. The van der Waals surface area contributed by atoms with E-state index in [0.29, 0.717) is 30.2 Å². The van der Waals surface area contributed by atoms with Crippen LogP contribution in [0, 0.1) is 6.92 Å². The number of hydrogen-bond donors (Lipinski definition) is 1. The Morgan fingerprint density at radius 2 is 1.92 bits per heavy atom. The first kappa shape index (κ1) is 19.6. The summed E-state index contributed by atoms with van der Waals surface area (Å²) in [5.74, 6) is 0.0375. The van der Waals surface area contributed by atoms with E-state index >= 15 is 0 Å². The van der Waals surface area contributed by atoms with Crippen molar-refractivity contribution in [2.75, 3.05) is 13.7 Å². The monoisotopic (exact) mass is 367 g/mol. The average Bonchev–Trinajstić information content (AvgIpc) is 2.58. The number of esters is 1. The highest BCUT2D eigenvalue weighted by molar-refractivity contribution is 6.30. The minimum absolute atomic E-state index is 0.132. The highest BCUT2D eigenvalue weighted by Gasteiger charge is 2.42. The van der Waals surface area contributed by atoms with Crippen LogP contribution in [0.1, 0.15) is 50.2 Å². The van der Waals surface area contributed by atoms with E-state index < -0.39 is 5.54 Å². The lowest BCUT2D eigenvalue weighted by atomic mass is 9.81. The summed E-state index contributed by atoms with van der Waals surface area (Å²) in [6.07, 6.45) is 4.25. The number of ether oxygens (including phenoxy) is 2. The Kier molecular flexibility index (Phi) is 6.71. The molecule has 0 aliphatic heterocycles. The molecule has 1 aromatic carbocycles. The minimum atomic E-state index is -0.904. The highest BCUT2D eigenvalue weighted by atomic mass is 35.5. The van der Waals surface area contributed by atoms with Gasteiger partial charge in [-0.2, -0.15) is 0 Å². The predicted molar refractivity (Wildman–Crippen MR) is 97.0 cm³/mol. The molecule has 0 radical (unpaired) electrons. The Morgan fingerprint density at radius 3 is 2.52 bits per heavy atom. The van der Waals surface area contributed by atoms with Gasteiger partial charge >= 0.3 is 5.97 Å². The molecule has 1 saturated carbocycles. The molecule has 25 heavy (non-hydrogen) atoms. The summed E-state index contributed by atoms with van der Waals surface area (Å²) in [4.78, 5) is 25.2. The fourth-order valence-electron chi connectivity index (χ4n) is 3.43. The Balaban J connectivity index is 2.18. The third-order valence-electron chi connectivity index (χ3n) is 4.71. The third-order valence-corrected chi connectivity index (χ3v) is 4.92. The fourth-order valence-corrected chi connectivity index (χ4v) is 3.69. The van der Waals surface area contributed by atoms with Crippen molar-refractivity contribution < 1.29 is 19.1 Å². The van der Waals surface area contributed by atoms with Crippen molar-refractivity contribution in [2.24, 2.45) is 0 Å². The molecular formula is C19H26ClNO4. The first-order valence-electron chi connectivity index (χ1n) is 8.73. The van der Waals surface area contributed by atoms with Gasteiger partial charge in [0.05, 0.1) is 20.1 Å². The van der Waals surface area contributed by atoms with E-state index in [1.54, 1.807) is 26.2 Å². The molecule has 1 fully saturated rings. The third kappa shape index (κ3) is 4.66. The molecule has 0 atom stereocenters. The number of halogens is 1. The number of nitrogens with one attached hydrogen (secondary N) is 1. The van der Waals surface area contributed by atoms with Gasteiger partial charge in [0.2, 0.25) is 5.91 Å². The molecule has 5 nitrogen and oxygen atoms in total. The zero-order valence-corrected chi connectivity index (χ0v) is 15.9. The summed E-state index contributed by atoms with van der Waals surface area (Å²) in [7, 11) is 1.55.